The van der Waals surface area contributed by atoms with Crippen LogP contribution in [0.4, 0.5) is 0 Å². The summed E-state index contributed by atoms with van der Waals surface area (Å²) in [4.78, 5) is 49.0. The molecule has 0 aliphatic heterocycles. The lowest BCUT2D eigenvalue weighted by atomic mass is 10.1. The predicted molar refractivity (Wildman–Crippen MR) is 127 cm³/mol. The van der Waals surface area contributed by atoms with E-state index in [-0.39, 0.29) is 6.42 Å². The number of hydrogen-bond acceptors (Lipinski definition) is 9. The van der Waals surface area contributed by atoms with E-state index in [1.165, 1.54) is 11.8 Å². The van der Waals surface area contributed by atoms with Crippen LogP contribution in [0.2, 0.25) is 0 Å². The number of aliphatic hydroxyl groups is 1. The lowest BCUT2D eigenvalue weighted by Gasteiger charge is -2.25. The Morgan fingerprint density at radius 3 is 1.81 bits per heavy atom. The van der Waals surface area contributed by atoms with E-state index in [0.29, 0.717) is 43.7 Å². The van der Waals surface area contributed by atoms with E-state index in [9.17, 15) is 19.2 Å². The number of carbonyl (C=O) groups is 4. The molecule has 0 fully saturated rings. The average Bonchev–Trinajstić information content (AvgIpc) is 2.77. The Hall–Kier alpha value is -1.54. The van der Waals surface area contributed by atoms with E-state index in [2.05, 4.69) is 16.0 Å². The molecule has 11 nitrogen and oxygen atoms in total. The number of aliphatic carboxylic acids is 1. The summed E-state index contributed by atoms with van der Waals surface area (Å²) in [5.74, 6) is -1.84. The van der Waals surface area contributed by atoms with Crippen molar-refractivity contribution in [2.45, 2.75) is 56.3 Å². The fourth-order valence-electron chi connectivity index (χ4n) is 2.65. The van der Waals surface area contributed by atoms with Crippen molar-refractivity contribution in [2.24, 2.45) is 11.5 Å². The Kier molecular flexibility index (Phi) is 17.1. The number of carbonyl (C=O) groups excluding carboxylic acids is 3. The molecule has 9 N–H and O–H groups in total. The van der Waals surface area contributed by atoms with Gasteiger partial charge in [-0.2, -0.15) is 23.5 Å². The summed E-state index contributed by atoms with van der Waals surface area (Å²) in [6.07, 6.45) is 5.92. The van der Waals surface area contributed by atoms with Gasteiger partial charge in [-0.05, 0) is 62.7 Å². The maximum Gasteiger partial charge on any atom is 0.328 e. The van der Waals surface area contributed by atoms with Gasteiger partial charge in [0.25, 0.3) is 0 Å². The predicted octanol–water partition coefficient (Wildman–Crippen LogP) is -1.52. The van der Waals surface area contributed by atoms with Crippen molar-refractivity contribution in [3.63, 3.8) is 0 Å². The monoisotopic (exact) mass is 495 g/mol. The third kappa shape index (κ3) is 12.5. The summed E-state index contributed by atoms with van der Waals surface area (Å²) in [5, 5.41) is 25.7. The molecule has 0 radical (unpaired) electrons. The molecule has 0 bridgehead atoms. The maximum absolute atomic E-state index is 12.9. The summed E-state index contributed by atoms with van der Waals surface area (Å²) < 4.78 is 0. The van der Waals surface area contributed by atoms with Gasteiger partial charge in [-0.25, -0.2) is 4.79 Å². The molecule has 0 saturated carbocycles. The van der Waals surface area contributed by atoms with Crippen LogP contribution in [0.5, 0.6) is 0 Å². The van der Waals surface area contributed by atoms with Crippen LogP contribution in [-0.2, 0) is 19.2 Å². The van der Waals surface area contributed by atoms with Crippen LogP contribution >= 0.6 is 23.5 Å². The number of thioether (sulfide) groups is 2. The first-order valence-corrected chi connectivity index (χ1v) is 13.2. The Morgan fingerprint density at radius 2 is 1.31 bits per heavy atom. The first-order valence-electron chi connectivity index (χ1n) is 10.4. The summed E-state index contributed by atoms with van der Waals surface area (Å²) in [6, 6.07) is -4.18. The first kappa shape index (κ1) is 30.5. The summed E-state index contributed by atoms with van der Waals surface area (Å²) in [6.45, 7) is -0.387. The first-order chi connectivity index (χ1) is 15.2. The lowest BCUT2D eigenvalue weighted by Crippen LogP contribution is -2.57. The Labute approximate surface area is 197 Å². The fourth-order valence-corrected chi connectivity index (χ4v) is 3.61. The molecular formula is C19H37N5O6S2. The molecule has 186 valence electrons. The Bertz CT molecular complexity index is 599. The molecule has 3 amide bonds. The Morgan fingerprint density at radius 1 is 0.812 bits per heavy atom. The number of nitrogens with one attached hydrogen (secondary N) is 3. The van der Waals surface area contributed by atoms with E-state index in [4.69, 9.17) is 21.7 Å². The molecule has 0 spiro atoms. The highest BCUT2D eigenvalue weighted by molar-refractivity contribution is 7.98. The molecular weight excluding hydrogens is 458 g/mol. The van der Waals surface area contributed by atoms with Crippen LogP contribution in [0.25, 0.3) is 0 Å². The highest BCUT2D eigenvalue weighted by atomic mass is 32.2. The van der Waals surface area contributed by atoms with Gasteiger partial charge in [0.15, 0.2) is 0 Å². The van der Waals surface area contributed by atoms with Crippen molar-refractivity contribution >= 4 is 47.2 Å². The average molecular weight is 496 g/mol. The number of unbranched alkanes of at least 4 members (excludes halogenated alkanes) is 1. The maximum atomic E-state index is 12.9. The van der Waals surface area contributed by atoms with E-state index in [0.717, 1.165) is 0 Å². The summed E-state index contributed by atoms with van der Waals surface area (Å²) in [5.41, 5.74) is 11.4. The van der Waals surface area contributed by atoms with Gasteiger partial charge in [-0.1, -0.05) is 0 Å². The summed E-state index contributed by atoms with van der Waals surface area (Å²) >= 11 is 3.06. The molecule has 0 heterocycles. The normalized spacial score (nSPS) is 14.7. The van der Waals surface area contributed by atoms with Gasteiger partial charge in [-0.15, -0.1) is 0 Å². The number of aliphatic hydroxyl groups excluding tert-OH is 1. The quantitative estimate of drug-likeness (QED) is 0.110. The summed E-state index contributed by atoms with van der Waals surface area (Å²) in [7, 11) is 0. The molecule has 0 aromatic rings. The van der Waals surface area contributed by atoms with Crippen LogP contribution in [-0.4, -0.2) is 95.2 Å². The second-order valence-electron chi connectivity index (χ2n) is 7.16. The van der Waals surface area contributed by atoms with E-state index >= 15 is 0 Å². The highest BCUT2D eigenvalue weighted by Gasteiger charge is 2.29. The van der Waals surface area contributed by atoms with Gasteiger partial charge in [0.05, 0.1) is 12.6 Å². The topological polar surface area (TPSA) is 197 Å². The number of rotatable bonds is 18. The van der Waals surface area contributed by atoms with Crippen molar-refractivity contribution in [3.05, 3.63) is 0 Å². The van der Waals surface area contributed by atoms with E-state index in [1.54, 1.807) is 11.8 Å². The standard InChI is InChI=1S/C19H37N5O6S2/c1-31-9-6-12(21)16(26)22-14(7-10-32-2)18(28)23-13(5-3-4-8-20)17(27)24-15(11-25)19(29)30/h12-15,25H,3-11,20-21H2,1-2H3,(H,22,26)(H,23,28)(H,24,27)(H,29,30). The van der Waals surface area contributed by atoms with Gasteiger partial charge >= 0.3 is 5.97 Å². The van der Waals surface area contributed by atoms with Crippen molar-refractivity contribution in [2.75, 3.05) is 37.2 Å². The number of carboxylic acids is 1. The van der Waals surface area contributed by atoms with Crippen LogP contribution in [0, 0.1) is 0 Å². The molecule has 0 rings (SSSR count). The minimum Gasteiger partial charge on any atom is -0.480 e. The van der Waals surface area contributed by atoms with Crippen molar-refractivity contribution in [3.8, 4) is 0 Å². The minimum absolute atomic E-state index is 0.225. The molecule has 0 aliphatic carbocycles. The third-order valence-corrected chi connectivity index (χ3v) is 5.88. The molecule has 0 aromatic heterocycles. The zero-order valence-corrected chi connectivity index (χ0v) is 20.3. The molecule has 32 heavy (non-hydrogen) atoms. The van der Waals surface area contributed by atoms with E-state index < -0.39 is 54.5 Å². The van der Waals surface area contributed by atoms with Crippen LogP contribution in [0.15, 0.2) is 0 Å². The third-order valence-electron chi connectivity index (χ3n) is 4.59. The van der Waals surface area contributed by atoms with Crippen molar-refractivity contribution < 1.29 is 29.4 Å². The largest absolute Gasteiger partial charge is 0.480 e. The van der Waals surface area contributed by atoms with Crippen LogP contribution in [0.1, 0.15) is 32.1 Å². The van der Waals surface area contributed by atoms with Gasteiger partial charge in [0, 0.05) is 0 Å². The van der Waals surface area contributed by atoms with Crippen molar-refractivity contribution in [1.82, 2.24) is 16.0 Å². The van der Waals surface area contributed by atoms with Crippen molar-refractivity contribution in [1.29, 1.82) is 0 Å². The zero-order chi connectivity index (χ0) is 24.5. The highest BCUT2D eigenvalue weighted by Crippen LogP contribution is 2.07. The number of hydrogen-bond donors (Lipinski definition) is 7. The molecule has 0 aliphatic rings. The molecule has 13 heteroatoms. The number of nitrogens with two attached hydrogens (primary N) is 2. The minimum atomic E-state index is -1.49. The number of carboxylic acid groups (broad SMARTS) is 1. The van der Waals surface area contributed by atoms with Gasteiger partial charge in [0.2, 0.25) is 17.7 Å². The van der Waals surface area contributed by atoms with Crippen LogP contribution < -0.4 is 27.4 Å². The van der Waals surface area contributed by atoms with Crippen LogP contribution in [0.3, 0.4) is 0 Å². The molecule has 0 saturated heterocycles. The van der Waals surface area contributed by atoms with Gasteiger partial charge in [0.1, 0.15) is 18.1 Å². The smallest absolute Gasteiger partial charge is 0.328 e. The lowest BCUT2D eigenvalue weighted by molar-refractivity contribution is -0.143. The molecule has 4 unspecified atom stereocenters. The Balaban J connectivity index is 5.31. The van der Waals surface area contributed by atoms with Gasteiger partial charge < -0.3 is 37.6 Å². The fraction of sp³-hybridized carbons (Fsp3) is 0.789. The van der Waals surface area contributed by atoms with Gasteiger partial charge in [-0.3, -0.25) is 14.4 Å². The second-order valence-corrected chi connectivity index (χ2v) is 9.13. The van der Waals surface area contributed by atoms with E-state index in [1.807, 2.05) is 12.5 Å². The SMILES string of the molecule is CSCCC(N)C(=O)NC(CCSC)C(=O)NC(CCCCN)C(=O)NC(CO)C(=O)O. The number of amides is 3. The molecule has 4 atom stereocenters. The molecule has 0 aromatic carbocycles. The zero-order valence-electron chi connectivity index (χ0n) is 18.7. The second kappa shape index (κ2) is 18.0.